The van der Waals surface area contributed by atoms with Crippen LogP contribution in [-0.4, -0.2) is 37.2 Å². The smallest absolute Gasteiger partial charge is 0.255 e. The van der Waals surface area contributed by atoms with Gasteiger partial charge in [0.1, 0.15) is 5.16 Å². The zero-order valence-electron chi connectivity index (χ0n) is 7.90. The molecule has 0 fully saturated rings. The Morgan fingerprint density at radius 2 is 2.13 bits per heavy atom. The fourth-order valence-corrected chi connectivity index (χ4v) is 1.51. The molecule has 0 bridgehead atoms. The molecule has 10 heteroatoms. The quantitative estimate of drug-likeness (QED) is 0.696. The van der Waals surface area contributed by atoms with Crippen molar-refractivity contribution >= 4 is 38.6 Å². The molecule has 0 aromatic carbocycles. The summed E-state index contributed by atoms with van der Waals surface area (Å²) < 4.78 is 23.7. The maximum atomic E-state index is 11.4. The molecule has 0 radical (unpaired) electrons. The summed E-state index contributed by atoms with van der Waals surface area (Å²) >= 11 is 11.2. The molecule has 0 atom stereocenters. The second-order valence-corrected chi connectivity index (χ2v) is 5.37. The molecule has 0 aromatic heterocycles. The van der Waals surface area contributed by atoms with E-state index in [4.69, 9.17) is 23.2 Å². The topological polar surface area (TPSA) is 77.0 Å². The van der Waals surface area contributed by atoms with Gasteiger partial charge in [0.2, 0.25) is 0 Å². The Morgan fingerprint density at radius 1 is 1.53 bits per heavy atom. The molecule has 1 aliphatic rings. The third kappa shape index (κ3) is 3.50. The summed E-state index contributed by atoms with van der Waals surface area (Å²) in [5, 5.41) is 4.64. The molecule has 15 heavy (non-hydrogen) atoms. The molecule has 1 heterocycles. The van der Waals surface area contributed by atoms with Gasteiger partial charge in [-0.3, -0.25) is 5.43 Å². The summed E-state index contributed by atoms with van der Waals surface area (Å²) in [4.78, 5) is 2.08. The number of hydrazone groups is 1. The number of rotatable bonds is 3. The normalized spacial score (nSPS) is 17.3. The number of hydrogen-bond donors (Lipinski definition) is 2. The Bertz CT molecular complexity index is 404. The Morgan fingerprint density at radius 3 is 2.60 bits per heavy atom. The first-order valence-corrected chi connectivity index (χ1v) is 5.89. The minimum atomic E-state index is -3.65. The third-order valence-electron chi connectivity index (χ3n) is 1.34. The number of halogens is 2. The first-order chi connectivity index (χ1) is 6.81. The lowest BCUT2D eigenvalue weighted by atomic mass is 10.6. The molecular formula is C5H9Cl2N5O2S. The average Bonchev–Trinajstić information content (AvgIpc) is 1.99. The number of hydrazine groups is 2. The molecule has 86 valence electrons. The van der Waals surface area contributed by atoms with Crippen LogP contribution in [0.4, 0.5) is 0 Å². The highest BCUT2D eigenvalue weighted by Gasteiger charge is 2.19. The Labute approximate surface area is 97.4 Å². The number of nitrogens with zero attached hydrogens (tertiary/aromatic N) is 3. The standard InChI is InChI=1S/C5H9Cl2N5O2S/c1-11(2)15(13,14)10-12-8-4(6)3-5(7)9-12/h3,8,10H,1-2H3. The lowest BCUT2D eigenvalue weighted by molar-refractivity contribution is 0.188. The predicted molar refractivity (Wildman–Crippen MR) is 57.9 cm³/mol. The van der Waals surface area contributed by atoms with Gasteiger partial charge in [-0.2, -0.15) is 12.7 Å². The molecule has 7 nitrogen and oxygen atoms in total. The second-order valence-electron chi connectivity index (χ2n) is 2.72. The summed E-state index contributed by atoms with van der Waals surface area (Å²) in [5.41, 5.74) is 2.43. The number of nitrogens with one attached hydrogen (secondary N) is 2. The van der Waals surface area contributed by atoms with Crippen molar-refractivity contribution in [1.29, 1.82) is 0 Å². The van der Waals surface area contributed by atoms with Crippen LogP contribution >= 0.6 is 23.2 Å². The van der Waals surface area contributed by atoms with Crippen molar-refractivity contribution in [3.05, 3.63) is 11.2 Å². The van der Waals surface area contributed by atoms with Crippen LogP contribution in [0.3, 0.4) is 0 Å². The zero-order chi connectivity index (χ0) is 11.6. The Balaban J connectivity index is 2.75. The SMILES string of the molecule is CN(C)S(=O)(=O)NN1N=C(Cl)C=C(Cl)N1. The fraction of sp³-hybridized carbons (Fsp3) is 0.400. The molecule has 0 unspecified atom stereocenters. The van der Waals surface area contributed by atoms with Gasteiger partial charge in [0.25, 0.3) is 10.2 Å². The van der Waals surface area contributed by atoms with E-state index < -0.39 is 10.2 Å². The number of allylic oxidation sites excluding steroid dienone is 1. The van der Waals surface area contributed by atoms with E-state index in [-0.39, 0.29) is 10.3 Å². The van der Waals surface area contributed by atoms with Crippen LogP contribution in [0.15, 0.2) is 16.3 Å². The summed E-state index contributed by atoms with van der Waals surface area (Å²) in [5.74, 6) is 0. The third-order valence-corrected chi connectivity index (χ3v) is 3.08. The van der Waals surface area contributed by atoms with Crippen LogP contribution in [0, 0.1) is 0 Å². The van der Waals surface area contributed by atoms with Crippen LogP contribution in [0.25, 0.3) is 0 Å². The maximum absolute atomic E-state index is 11.4. The van der Waals surface area contributed by atoms with Gasteiger partial charge in [0.15, 0.2) is 5.17 Å². The summed E-state index contributed by atoms with van der Waals surface area (Å²) in [6.07, 6.45) is 1.34. The first kappa shape index (κ1) is 12.5. The molecule has 0 saturated heterocycles. The first-order valence-electron chi connectivity index (χ1n) is 3.69. The summed E-state index contributed by atoms with van der Waals surface area (Å²) in [6.45, 7) is 0. The molecule has 0 saturated carbocycles. The van der Waals surface area contributed by atoms with Crippen molar-refractivity contribution in [2.75, 3.05) is 14.1 Å². The molecule has 0 aromatic rings. The van der Waals surface area contributed by atoms with Gasteiger partial charge in [0.05, 0.1) is 0 Å². The molecule has 1 rings (SSSR count). The molecule has 0 spiro atoms. The minimum absolute atomic E-state index is 0.0557. The van der Waals surface area contributed by atoms with E-state index in [1.54, 1.807) is 0 Å². The van der Waals surface area contributed by atoms with E-state index in [9.17, 15) is 8.42 Å². The second kappa shape index (κ2) is 4.54. The lowest BCUT2D eigenvalue weighted by Gasteiger charge is -2.24. The van der Waals surface area contributed by atoms with Crippen LogP contribution < -0.4 is 10.3 Å². The van der Waals surface area contributed by atoms with E-state index in [1.165, 1.54) is 20.2 Å². The van der Waals surface area contributed by atoms with Crippen molar-refractivity contribution in [2.24, 2.45) is 5.10 Å². The van der Waals surface area contributed by atoms with Crippen molar-refractivity contribution in [1.82, 2.24) is 19.8 Å². The van der Waals surface area contributed by atoms with Gasteiger partial charge >= 0.3 is 0 Å². The maximum Gasteiger partial charge on any atom is 0.299 e. The molecule has 0 aliphatic carbocycles. The monoisotopic (exact) mass is 273 g/mol. The fourth-order valence-electron chi connectivity index (χ4n) is 0.622. The molecule has 1 aliphatic heterocycles. The average molecular weight is 274 g/mol. The van der Waals surface area contributed by atoms with Crippen molar-refractivity contribution in [2.45, 2.75) is 0 Å². The largest absolute Gasteiger partial charge is 0.299 e. The van der Waals surface area contributed by atoms with Crippen molar-refractivity contribution < 1.29 is 8.42 Å². The van der Waals surface area contributed by atoms with E-state index in [0.717, 1.165) is 9.53 Å². The highest BCUT2D eigenvalue weighted by atomic mass is 35.5. The molecule has 2 N–H and O–H groups in total. The van der Waals surface area contributed by atoms with Crippen LogP contribution in [0.1, 0.15) is 0 Å². The summed E-state index contributed by atoms with van der Waals surface area (Å²) in [7, 11) is -0.909. The van der Waals surface area contributed by atoms with E-state index in [1.807, 2.05) is 0 Å². The van der Waals surface area contributed by atoms with Gasteiger partial charge in [-0.05, 0) is 0 Å². The molecule has 0 amide bonds. The van der Waals surface area contributed by atoms with E-state index in [2.05, 4.69) is 15.4 Å². The lowest BCUT2D eigenvalue weighted by Crippen LogP contribution is -2.51. The van der Waals surface area contributed by atoms with Gasteiger partial charge in [-0.15, -0.1) is 10.3 Å². The van der Waals surface area contributed by atoms with E-state index >= 15 is 0 Å². The Kier molecular flexibility index (Phi) is 3.79. The van der Waals surface area contributed by atoms with Crippen molar-refractivity contribution in [3.8, 4) is 0 Å². The van der Waals surface area contributed by atoms with Gasteiger partial charge in [-0.1, -0.05) is 28.0 Å². The van der Waals surface area contributed by atoms with Gasteiger partial charge in [-0.25, -0.2) is 0 Å². The van der Waals surface area contributed by atoms with Crippen molar-refractivity contribution in [3.63, 3.8) is 0 Å². The number of hydrogen-bond acceptors (Lipinski definition) is 5. The van der Waals surface area contributed by atoms with Crippen LogP contribution in [0.5, 0.6) is 0 Å². The molecular weight excluding hydrogens is 265 g/mol. The Hall–Kier alpha value is -0.540. The van der Waals surface area contributed by atoms with Crippen LogP contribution in [0.2, 0.25) is 0 Å². The zero-order valence-corrected chi connectivity index (χ0v) is 10.2. The van der Waals surface area contributed by atoms with Gasteiger partial charge in [0, 0.05) is 20.2 Å². The minimum Gasteiger partial charge on any atom is -0.255 e. The highest BCUT2D eigenvalue weighted by molar-refractivity contribution is 7.87. The van der Waals surface area contributed by atoms with Gasteiger partial charge < -0.3 is 0 Å². The predicted octanol–water partition coefficient (Wildman–Crippen LogP) is -0.250. The highest BCUT2D eigenvalue weighted by Crippen LogP contribution is 2.07. The van der Waals surface area contributed by atoms with E-state index in [0.29, 0.717) is 0 Å². The van der Waals surface area contributed by atoms with Crippen LogP contribution in [-0.2, 0) is 10.2 Å². The summed E-state index contributed by atoms with van der Waals surface area (Å²) in [6, 6.07) is 0.